The molecule has 0 saturated carbocycles. The quantitative estimate of drug-likeness (QED) is 0.527. The molecule has 0 radical (unpaired) electrons. The summed E-state index contributed by atoms with van der Waals surface area (Å²) in [5, 5.41) is 0. The van der Waals surface area contributed by atoms with Crippen LogP contribution in [-0.2, 0) is 4.79 Å². The molecule has 1 aliphatic rings. The van der Waals surface area contributed by atoms with E-state index in [1.54, 1.807) is 26.0 Å². The molecule has 0 atom stereocenters. The minimum Gasteiger partial charge on any atom is -0.346 e. The van der Waals surface area contributed by atoms with Crippen LogP contribution in [-0.4, -0.2) is 55.6 Å². The van der Waals surface area contributed by atoms with Gasteiger partial charge in [-0.1, -0.05) is 0 Å². The Kier molecular flexibility index (Phi) is 1.88. The number of alkyl halides is 1. The third-order valence-corrected chi connectivity index (χ3v) is 1.83. The van der Waals surface area contributed by atoms with Crippen LogP contribution < -0.4 is 0 Å². The Morgan fingerprint density at radius 3 is 2.27 bits per heavy atom. The zero-order valence-corrected chi connectivity index (χ0v) is 7.09. The molecule has 1 aliphatic heterocycles. The molecule has 64 valence electrons. The number of amides is 1. The summed E-state index contributed by atoms with van der Waals surface area (Å²) in [6, 6.07) is 0. The topological polar surface area (TPSA) is 23.6 Å². The Hall–Kier alpha value is -0.640. The second-order valence-corrected chi connectivity index (χ2v) is 3.34. The van der Waals surface area contributed by atoms with Gasteiger partial charge in [0.2, 0.25) is 5.67 Å². The number of carbonyl (C=O) groups excluding carboxylic acids is 1. The van der Waals surface area contributed by atoms with Crippen molar-refractivity contribution in [2.75, 3.05) is 34.2 Å². The van der Waals surface area contributed by atoms with Gasteiger partial charge in [0.05, 0.1) is 0 Å². The highest BCUT2D eigenvalue weighted by molar-refractivity contribution is 5.86. The zero-order chi connectivity index (χ0) is 8.65. The summed E-state index contributed by atoms with van der Waals surface area (Å²) in [6.45, 7) is 0.452. The van der Waals surface area contributed by atoms with Gasteiger partial charge < -0.3 is 4.90 Å². The average molecular weight is 160 g/mol. The van der Waals surface area contributed by atoms with Gasteiger partial charge in [0.25, 0.3) is 5.91 Å². The number of nitrogens with zero attached hydrogens (tertiary/aromatic N) is 2. The molecule has 1 rings (SSSR count). The van der Waals surface area contributed by atoms with E-state index in [0.717, 1.165) is 0 Å². The molecule has 0 unspecified atom stereocenters. The van der Waals surface area contributed by atoms with Crippen LogP contribution in [0.4, 0.5) is 4.39 Å². The predicted octanol–water partition coefficient (Wildman–Crippen LogP) is -0.272. The van der Waals surface area contributed by atoms with E-state index in [4.69, 9.17) is 0 Å². The van der Waals surface area contributed by atoms with E-state index in [1.807, 2.05) is 0 Å². The fourth-order valence-electron chi connectivity index (χ4n) is 1.35. The van der Waals surface area contributed by atoms with Gasteiger partial charge >= 0.3 is 0 Å². The minimum absolute atomic E-state index is 0.226. The molecular weight excluding hydrogens is 147 g/mol. The standard InChI is InChI=1S/C7H13FN2O/c1-9(2)6(11)7(8)4-10(3)5-7/h4-5H2,1-3H3. The fraction of sp³-hybridized carbons (Fsp3) is 0.857. The van der Waals surface area contributed by atoms with Crippen molar-refractivity contribution >= 4 is 5.91 Å². The molecule has 11 heavy (non-hydrogen) atoms. The number of rotatable bonds is 1. The van der Waals surface area contributed by atoms with Gasteiger partial charge in [-0.3, -0.25) is 9.69 Å². The number of carbonyl (C=O) groups is 1. The first kappa shape index (κ1) is 8.46. The Bertz CT molecular complexity index is 175. The first-order valence-electron chi connectivity index (χ1n) is 3.55. The first-order valence-corrected chi connectivity index (χ1v) is 3.55. The van der Waals surface area contributed by atoms with E-state index in [0.29, 0.717) is 0 Å². The Balaban J connectivity index is 2.54. The lowest BCUT2D eigenvalue weighted by Crippen LogP contribution is -2.64. The molecule has 4 heteroatoms. The number of hydrogen-bond acceptors (Lipinski definition) is 2. The van der Waals surface area contributed by atoms with Crippen LogP contribution in [0, 0.1) is 0 Å². The molecular formula is C7H13FN2O. The molecule has 3 nitrogen and oxygen atoms in total. The van der Waals surface area contributed by atoms with Crippen LogP contribution >= 0.6 is 0 Å². The first-order chi connectivity index (χ1) is 4.96. The molecule has 0 bridgehead atoms. The van der Waals surface area contributed by atoms with Crippen LogP contribution in [0.1, 0.15) is 0 Å². The second-order valence-electron chi connectivity index (χ2n) is 3.34. The number of halogens is 1. The van der Waals surface area contributed by atoms with E-state index in [-0.39, 0.29) is 13.1 Å². The summed E-state index contributed by atoms with van der Waals surface area (Å²) in [4.78, 5) is 14.2. The lowest BCUT2D eigenvalue weighted by molar-refractivity contribution is -0.152. The maximum atomic E-state index is 13.4. The van der Waals surface area contributed by atoms with Crippen LogP contribution in [0.3, 0.4) is 0 Å². The molecule has 0 spiro atoms. The van der Waals surface area contributed by atoms with E-state index >= 15 is 0 Å². The van der Waals surface area contributed by atoms with Gasteiger partial charge in [-0.2, -0.15) is 0 Å². The highest BCUT2D eigenvalue weighted by Gasteiger charge is 2.49. The van der Waals surface area contributed by atoms with Crippen molar-refractivity contribution in [3.05, 3.63) is 0 Å². The lowest BCUT2D eigenvalue weighted by atomic mass is 9.96. The summed E-state index contributed by atoms with van der Waals surface area (Å²) in [7, 11) is 4.94. The number of likely N-dealkylation sites (tertiary alicyclic amines) is 1. The lowest BCUT2D eigenvalue weighted by Gasteiger charge is -2.41. The van der Waals surface area contributed by atoms with Crippen molar-refractivity contribution < 1.29 is 9.18 Å². The molecule has 0 aromatic heterocycles. The van der Waals surface area contributed by atoms with Crippen LogP contribution in [0.25, 0.3) is 0 Å². The summed E-state index contributed by atoms with van der Waals surface area (Å²) in [5.74, 6) is -0.421. The Morgan fingerprint density at radius 1 is 1.55 bits per heavy atom. The number of hydrogen-bond donors (Lipinski definition) is 0. The van der Waals surface area contributed by atoms with Crippen molar-refractivity contribution in [1.29, 1.82) is 0 Å². The van der Waals surface area contributed by atoms with Crippen molar-refractivity contribution in [3.63, 3.8) is 0 Å². The molecule has 1 amide bonds. The van der Waals surface area contributed by atoms with Gasteiger partial charge in [-0.25, -0.2) is 4.39 Å². The molecule has 0 N–H and O–H groups in total. The van der Waals surface area contributed by atoms with Gasteiger partial charge in [0.15, 0.2) is 0 Å². The predicted molar refractivity (Wildman–Crippen MR) is 40.0 cm³/mol. The maximum Gasteiger partial charge on any atom is 0.262 e. The largest absolute Gasteiger partial charge is 0.346 e. The van der Waals surface area contributed by atoms with Crippen molar-refractivity contribution in [1.82, 2.24) is 9.80 Å². The SMILES string of the molecule is CN1CC(F)(C(=O)N(C)C)C1. The van der Waals surface area contributed by atoms with Crippen LogP contribution in [0.15, 0.2) is 0 Å². The van der Waals surface area contributed by atoms with E-state index in [2.05, 4.69) is 0 Å². The van der Waals surface area contributed by atoms with Crippen molar-refractivity contribution in [2.45, 2.75) is 5.67 Å². The van der Waals surface area contributed by atoms with Crippen LogP contribution in [0.5, 0.6) is 0 Å². The molecule has 0 aromatic carbocycles. The summed E-state index contributed by atoms with van der Waals surface area (Å²) in [6.07, 6.45) is 0. The normalized spacial score (nSPS) is 22.5. The zero-order valence-electron chi connectivity index (χ0n) is 7.09. The maximum absolute atomic E-state index is 13.4. The monoisotopic (exact) mass is 160 g/mol. The summed E-state index contributed by atoms with van der Waals surface area (Å²) < 4.78 is 13.4. The Morgan fingerprint density at radius 2 is 2.00 bits per heavy atom. The smallest absolute Gasteiger partial charge is 0.262 e. The van der Waals surface area contributed by atoms with E-state index in [9.17, 15) is 9.18 Å². The van der Waals surface area contributed by atoms with E-state index < -0.39 is 11.6 Å². The third-order valence-electron chi connectivity index (χ3n) is 1.83. The van der Waals surface area contributed by atoms with Gasteiger partial charge in [0.1, 0.15) is 0 Å². The molecule has 0 aromatic rings. The van der Waals surface area contributed by atoms with Gasteiger partial charge in [-0.05, 0) is 7.05 Å². The van der Waals surface area contributed by atoms with E-state index in [1.165, 1.54) is 4.90 Å². The third kappa shape index (κ3) is 1.35. The highest BCUT2D eigenvalue weighted by atomic mass is 19.1. The molecule has 0 aliphatic carbocycles. The average Bonchev–Trinajstić information content (AvgIpc) is 1.83. The highest BCUT2D eigenvalue weighted by Crippen LogP contribution is 2.25. The second kappa shape index (κ2) is 2.44. The Labute approximate surface area is 65.8 Å². The fourth-order valence-corrected chi connectivity index (χ4v) is 1.35. The van der Waals surface area contributed by atoms with Crippen LogP contribution in [0.2, 0.25) is 0 Å². The molecule has 1 fully saturated rings. The minimum atomic E-state index is -1.61. The summed E-state index contributed by atoms with van der Waals surface area (Å²) >= 11 is 0. The molecule has 1 heterocycles. The summed E-state index contributed by atoms with van der Waals surface area (Å²) in [5.41, 5.74) is -1.61. The van der Waals surface area contributed by atoms with Gasteiger partial charge in [0, 0.05) is 27.2 Å². The molecule has 1 saturated heterocycles. The van der Waals surface area contributed by atoms with Crippen molar-refractivity contribution in [3.8, 4) is 0 Å². The van der Waals surface area contributed by atoms with Gasteiger partial charge in [-0.15, -0.1) is 0 Å². The van der Waals surface area contributed by atoms with Crippen molar-refractivity contribution in [2.24, 2.45) is 0 Å².